The third-order valence-electron chi connectivity index (χ3n) is 2.87. The van der Waals surface area contributed by atoms with E-state index in [2.05, 4.69) is 26.5 Å². The van der Waals surface area contributed by atoms with Gasteiger partial charge in [-0.1, -0.05) is 11.6 Å². The quantitative estimate of drug-likeness (QED) is 0.416. The van der Waals surface area contributed by atoms with Gasteiger partial charge in [0.05, 0.1) is 15.6 Å². The Morgan fingerprint density at radius 3 is 2.84 bits per heavy atom. The van der Waals surface area contributed by atoms with Crippen molar-refractivity contribution in [2.24, 2.45) is 5.10 Å². The molecule has 2 N–H and O–H groups in total. The van der Waals surface area contributed by atoms with Crippen LogP contribution in [0.5, 0.6) is 11.5 Å². The number of hydrogen-bond donors (Lipinski definition) is 2. The van der Waals surface area contributed by atoms with Gasteiger partial charge in [0.25, 0.3) is 11.6 Å². The fourth-order valence-corrected chi connectivity index (χ4v) is 2.50. The van der Waals surface area contributed by atoms with E-state index in [0.717, 1.165) is 18.3 Å². The predicted octanol–water partition coefficient (Wildman–Crippen LogP) is 3.25. The number of hydrogen-bond acceptors (Lipinski definition) is 6. The van der Waals surface area contributed by atoms with Crippen LogP contribution in [0.4, 0.5) is 5.69 Å². The Hall–Kier alpha value is -2.65. The second-order valence-corrected chi connectivity index (χ2v) is 5.95. The van der Waals surface area contributed by atoms with Crippen molar-refractivity contribution in [1.29, 1.82) is 0 Å². The number of halogens is 2. The van der Waals surface area contributed by atoms with Gasteiger partial charge in [0.2, 0.25) is 0 Å². The van der Waals surface area contributed by atoms with Gasteiger partial charge in [-0.3, -0.25) is 14.9 Å². The molecule has 0 aliphatic rings. The molecule has 0 aliphatic carbocycles. The SMILES string of the molecule is O=C(COc1ccc(Cl)cc1Br)N/N=C\c1cc([N+](=O)[O-])ccc1O. The van der Waals surface area contributed by atoms with Crippen LogP contribution < -0.4 is 10.2 Å². The molecule has 0 heterocycles. The highest BCUT2D eigenvalue weighted by molar-refractivity contribution is 9.10. The summed E-state index contributed by atoms with van der Waals surface area (Å²) in [4.78, 5) is 21.8. The van der Waals surface area contributed by atoms with E-state index in [0.29, 0.717) is 15.2 Å². The Balaban J connectivity index is 1.92. The normalized spacial score (nSPS) is 10.6. The van der Waals surface area contributed by atoms with Crippen molar-refractivity contribution in [2.75, 3.05) is 6.61 Å². The van der Waals surface area contributed by atoms with Crippen molar-refractivity contribution in [1.82, 2.24) is 5.43 Å². The number of hydrazone groups is 1. The Labute approximate surface area is 155 Å². The van der Waals surface area contributed by atoms with E-state index >= 15 is 0 Å². The largest absolute Gasteiger partial charge is 0.507 e. The average molecular weight is 429 g/mol. The fraction of sp³-hybridized carbons (Fsp3) is 0.0667. The zero-order chi connectivity index (χ0) is 18.4. The van der Waals surface area contributed by atoms with E-state index in [4.69, 9.17) is 16.3 Å². The van der Waals surface area contributed by atoms with E-state index in [1.165, 1.54) is 6.07 Å². The summed E-state index contributed by atoms with van der Waals surface area (Å²) < 4.78 is 5.90. The number of nitro benzene ring substituents is 1. The molecule has 0 atom stereocenters. The average Bonchev–Trinajstić information content (AvgIpc) is 2.55. The Kier molecular flexibility index (Phi) is 6.31. The first-order valence-corrected chi connectivity index (χ1v) is 7.91. The second-order valence-electron chi connectivity index (χ2n) is 4.66. The maximum absolute atomic E-state index is 11.7. The molecule has 0 spiro atoms. The van der Waals surface area contributed by atoms with E-state index in [9.17, 15) is 20.0 Å². The summed E-state index contributed by atoms with van der Waals surface area (Å²) in [5.74, 6) is -0.326. The lowest BCUT2D eigenvalue weighted by Gasteiger charge is -2.07. The summed E-state index contributed by atoms with van der Waals surface area (Å²) >= 11 is 9.06. The van der Waals surface area contributed by atoms with Crippen molar-refractivity contribution in [3.05, 3.63) is 61.6 Å². The number of carbonyl (C=O) groups excluding carboxylic acids is 1. The molecule has 0 fully saturated rings. The highest BCUT2D eigenvalue weighted by Crippen LogP contribution is 2.27. The van der Waals surface area contributed by atoms with Gasteiger partial charge in [-0.25, -0.2) is 5.43 Å². The predicted molar refractivity (Wildman–Crippen MR) is 95.1 cm³/mol. The van der Waals surface area contributed by atoms with Gasteiger partial charge in [-0.05, 0) is 40.2 Å². The van der Waals surface area contributed by atoms with E-state index in [1.54, 1.807) is 18.2 Å². The first kappa shape index (κ1) is 18.7. The van der Waals surface area contributed by atoms with Gasteiger partial charge < -0.3 is 9.84 Å². The lowest BCUT2D eigenvalue weighted by atomic mass is 10.2. The van der Waals surface area contributed by atoms with Crippen molar-refractivity contribution < 1.29 is 19.6 Å². The number of aromatic hydroxyl groups is 1. The third-order valence-corrected chi connectivity index (χ3v) is 3.72. The van der Waals surface area contributed by atoms with Crippen LogP contribution in [0.15, 0.2) is 46.0 Å². The Morgan fingerprint density at radius 2 is 2.16 bits per heavy atom. The Bertz CT molecular complexity index is 844. The minimum atomic E-state index is -0.604. The van der Waals surface area contributed by atoms with Gasteiger partial charge in [-0.15, -0.1) is 0 Å². The van der Waals surface area contributed by atoms with E-state index in [-0.39, 0.29) is 23.6 Å². The number of nitro groups is 1. The monoisotopic (exact) mass is 427 g/mol. The topological polar surface area (TPSA) is 114 Å². The summed E-state index contributed by atoms with van der Waals surface area (Å²) in [5, 5.41) is 24.5. The lowest BCUT2D eigenvalue weighted by Crippen LogP contribution is -2.24. The zero-order valence-electron chi connectivity index (χ0n) is 12.5. The van der Waals surface area contributed by atoms with Crippen LogP contribution in [-0.2, 0) is 4.79 Å². The first-order valence-electron chi connectivity index (χ1n) is 6.74. The number of phenols is 1. The zero-order valence-corrected chi connectivity index (χ0v) is 14.8. The fourth-order valence-electron chi connectivity index (χ4n) is 1.70. The van der Waals surface area contributed by atoms with Gasteiger partial charge in [0.1, 0.15) is 11.5 Å². The number of carbonyl (C=O) groups is 1. The molecule has 0 radical (unpaired) electrons. The van der Waals surface area contributed by atoms with Crippen LogP contribution in [0.25, 0.3) is 0 Å². The molecule has 25 heavy (non-hydrogen) atoms. The summed E-state index contributed by atoms with van der Waals surface area (Å²) in [5.41, 5.74) is 2.08. The summed E-state index contributed by atoms with van der Waals surface area (Å²) in [6.07, 6.45) is 1.10. The number of phenolic OH excluding ortho intramolecular Hbond substituents is 1. The molecule has 2 rings (SSSR count). The number of rotatable bonds is 6. The smallest absolute Gasteiger partial charge is 0.277 e. The number of nitrogens with zero attached hydrogens (tertiary/aromatic N) is 2. The van der Waals surface area contributed by atoms with Crippen LogP contribution in [0, 0.1) is 10.1 Å². The molecular weight excluding hydrogens is 418 g/mol. The molecule has 2 aromatic carbocycles. The number of non-ortho nitro benzene ring substituents is 1. The van der Waals surface area contributed by atoms with Crippen molar-refractivity contribution in [3.63, 3.8) is 0 Å². The van der Waals surface area contributed by atoms with Gasteiger partial charge in [0, 0.05) is 22.7 Å². The number of benzene rings is 2. The third kappa shape index (κ3) is 5.44. The van der Waals surface area contributed by atoms with Crippen molar-refractivity contribution in [2.45, 2.75) is 0 Å². The van der Waals surface area contributed by atoms with Crippen molar-refractivity contribution >= 4 is 45.3 Å². The van der Waals surface area contributed by atoms with Crippen molar-refractivity contribution in [3.8, 4) is 11.5 Å². The number of nitrogens with one attached hydrogen (secondary N) is 1. The van der Waals surface area contributed by atoms with Crippen LogP contribution in [0.3, 0.4) is 0 Å². The number of amides is 1. The molecule has 1 amide bonds. The van der Waals surface area contributed by atoms with Crippen LogP contribution in [-0.4, -0.2) is 28.8 Å². The summed E-state index contributed by atoms with van der Waals surface area (Å²) in [6, 6.07) is 8.29. The van der Waals surface area contributed by atoms with Gasteiger partial charge >= 0.3 is 0 Å². The molecule has 0 aliphatic heterocycles. The molecule has 0 saturated heterocycles. The summed E-state index contributed by atoms with van der Waals surface area (Å²) in [7, 11) is 0. The maximum atomic E-state index is 11.7. The molecular formula is C15H11BrClN3O5. The molecule has 2 aromatic rings. The van der Waals surface area contributed by atoms with Crippen LogP contribution in [0.1, 0.15) is 5.56 Å². The summed E-state index contributed by atoms with van der Waals surface area (Å²) in [6.45, 7) is -0.307. The molecule has 10 heteroatoms. The molecule has 0 unspecified atom stereocenters. The minimum absolute atomic E-state index is 0.0934. The van der Waals surface area contributed by atoms with E-state index < -0.39 is 10.8 Å². The highest BCUT2D eigenvalue weighted by atomic mass is 79.9. The number of ether oxygens (including phenoxy) is 1. The van der Waals surface area contributed by atoms with Crippen LogP contribution >= 0.6 is 27.5 Å². The van der Waals surface area contributed by atoms with Crippen LogP contribution in [0.2, 0.25) is 5.02 Å². The highest BCUT2D eigenvalue weighted by Gasteiger charge is 2.09. The molecule has 0 bridgehead atoms. The maximum Gasteiger partial charge on any atom is 0.277 e. The van der Waals surface area contributed by atoms with Gasteiger partial charge in [-0.2, -0.15) is 5.10 Å². The standard InChI is InChI=1S/C15H11BrClN3O5/c16-12-6-10(17)1-4-14(12)25-8-15(22)19-18-7-9-5-11(20(23)24)2-3-13(9)21/h1-7,21H,8H2,(H,19,22)/b18-7-. The lowest BCUT2D eigenvalue weighted by molar-refractivity contribution is -0.384. The Morgan fingerprint density at radius 1 is 1.40 bits per heavy atom. The molecule has 0 saturated carbocycles. The molecule has 8 nitrogen and oxygen atoms in total. The first-order chi connectivity index (χ1) is 11.9. The van der Waals surface area contributed by atoms with E-state index in [1.807, 2.05) is 0 Å². The molecule has 0 aromatic heterocycles. The second kappa shape index (κ2) is 8.45. The minimum Gasteiger partial charge on any atom is -0.507 e. The van der Waals surface area contributed by atoms with Gasteiger partial charge in [0.15, 0.2) is 6.61 Å². The molecule has 130 valence electrons.